The normalized spacial score (nSPS) is 34.9. The lowest BCUT2D eigenvalue weighted by Crippen LogP contribution is -2.47. The first-order valence-corrected chi connectivity index (χ1v) is 5.71. The second-order valence-electron chi connectivity index (χ2n) is 4.67. The highest BCUT2D eigenvalue weighted by Crippen LogP contribution is 2.28. The Labute approximate surface area is 93.2 Å². The Morgan fingerprint density at radius 3 is 2.43 bits per heavy atom. The molecule has 0 aromatic heterocycles. The number of rotatable bonds is 1. The van der Waals surface area contributed by atoms with E-state index in [1.807, 2.05) is 0 Å². The molecule has 2 fully saturated rings. The first-order chi connectivity index (χ1) is 6.36. The van der Waals surface area contributed by atoms with Crippen LogP contribution in [0.1, 0.15) is 39.0 Å². The van der Waals surface area contributed by atoms with E-state index in [0.29, 0.717) is 12.1 Å². The van der Waals surface area contributed by atoms with Gasteiger partial charge in [-0.1, -0.05) is 26.2 Å². The molecule has 1 saturated carbocycles. The third-order valence-corrected chi connectivity index (χ3v) is 3.31. The first kappa shape index (κ1) is 12.3. The summed E-state index contributed by atoms with van der Waals surface area (Å²) in [4.78, 5) is 0. The van der Waals surface area contributed by atoms with Gasteiger partial charge in [-0.3, -0.25) is 5.32 Å². The molecule has 0 amide bonds. The van der Waals surface area contributed by atoms with Crippen LogP contribution in [0.4, 0.5) is 0 Å². The lowest BCUT2D eigenvalue weighted by atomic mass is 9.87. The van der Waals surface area contributed by atoms with Crippen molar-refractivity contribution in [3.8, 4) is 0 Å². The average molecular weight is 220 g/mol. The molecule has 2 aliphatic rings. The van der Waals surface area contributed by atoms with Gasteiger partial charge >= 0.3 is 0 Å². The van der Waals surface area contributed by atoms with Gasteiger partial charge in [-0.05, 0) is 24.7 Å². The van der Waals surface area contributed by atoms with Gasteiger partial charge in [0.2, 0.25) is 0 Å². The molecule has 1 heterocycles. The van der Waals surface area contributed by atoms with Crippen molar-refractivity contribution in [2.75, 3.05) is 13.2 Å². The van der Waals surface area contributed by atoms with Gasteiger partial charge in [0.15, 0.2) is 0 Å². The zero-order valence-electron chi connectivity index (χ0n) is 9.00. The summed E-state index contributed by atoms with van der Waals surface area (Å²) in [6.45, 7) is 4.33. The summed E-state index contributed by atoms with van der Waals surface area (Å²) in [7, 11) is 0. The second kappa shape index (κ2) is 5.94. The summed E-state index contributed by atoms with van der Waals surface area (Å²) in [6.07, 6.45) is 7.35. The van der Waals surface area contributed by atoms with Crippen LogP contribution >= 0.6 is 12.4 Å². The molecule has 1 aliphatic heterocycles. The Hall–Kier alpha value is 0.210. The Morgan fingerprint density at radius 2 is 1.86 bits per heavy atom. The predicted molar refractivity (Wildman–Crippen MR) is 60.7 cm³/mol. The van der Waals surface area contributed by atoms with Crippen LogP contribution in [0.2, 0.25) is 0 Å². The van der Waals surface area contributed by atoms with Crippen LogP contribution in [0.3, 0.4) is 0 Å². The van der Waals surface area contributed by atoms with Gasteiger partial charge in [-0.2, -0.15) is 0 Å². The minimum atomic E-state index is 0. The van der Waals surface area contributed by atoms with Gasteiger partial charge in [0.1, 0.15) is 6.23 Å². The fraction of sp³-hybridized carbons (Fsp3) is 1.00. The maximum atomic E-state index is 5.82. The van der Waals surface area contributed by atoms with E-state index in [2.05, 4.69) is 12.2 Å². The Kier molecular flexibility index (Phi) is 5.21. The van der Waals surface area contributed by atoms with E-state index in [4.69, 9.17) is 4.74 Å². The molecular formula is C11H22ClNO. The smallest absolute Gasteiger partial charge is 0.110 e. The number of halogens is 1. The zero-order valence-corrected chi connectivity index (χ0v) is 9.81. The highest BCUT2D eigenvalue weighted by atomic mass is 35.5. The van der Waals surface area contributed by atoms with E-state index >= 15 is 0 Å². The summed E-state index contributed by atoms with van der Waals surface area (Å²) in [6, 6.07) is 0. The molecular weight excluding hydrogens is 198 g/mol. The van der Waals surface area contributed by atoms with E-state index in [-0.39, 0.29) is 12.4 Å². The van der Waals surface area contributed by atoms with Gasteiger partial charge in [0.25, 0.3) is 0 Å². The first-order valence-electron chi connectivity index (χ1n) is 5.71. The van der Waals surface area contributed by atoms with Crippen LogP contribution in [-0.2, 0) is 4.74 Å². The lowest BCUT2D eigenvalue weighted by Gasteiger charge is -2.35. The van der Waals surface area contributed by atoms with Crippen LogP contribution in [-0.4, -0.2) is 19.4 Å². The molecule has 1 N–H and O–H groups in total. The zero-order chi connectivity index (χ0) is 9.10. The topological polar surface area (TPSA) is 21.3 Å². The Balaban J connectivity index is 0.000000980. The maximum Gasteiger partial charge on any atom is 0.110 e. The van der Waals surface area contributed by atoms with Crippen LogP contribution in [0.25, 0.3) is 0 Å². The molecule has 1 saturated heterocycles. The quantitative estimate of drug-likeness (QED) is 0.732. The summed E-state index contributed by atoms with van der Waals surface area (Å²) in [5.74, 6) is 1.49. The Morgan fingerprint density at radius 1 is 1.14 bits per heavy atom. The van der Waals surface area contributed by atoms with Crippen molar-refractivity contribution in [2.24, 2.45) is 11.8 Å². The van der Waals surface area contributed by atoms with Crippen LogP contribution in [0, 0.1) is 11.8 Å². The molecule has 14 heavy (non-hydrogen) atoms. The van der Waals surface area contributed by atoms with Crippen LogP contribution in [0.5, 0.6) is 0 Å². The standard InChI is InChI=1S/C11H21NO.ClH/c1-9-7-12-11(13-8-9)10-5-3-2-4-6-10;/h9-12H,2-8H2,1H3;1H. The van der Waals surface area contributed by atoms with E-state index in [1.54, 1.807) is 0 Å². The molecule has 3 heteroatoms. The minimum absolute atomic E-state index is 0. The molecule has 2 atom stereocenters. The SMILES string of the molecule is CC1CNC(C2CCCCC2)OC1.Cl. The third kappa shape index (κ3) is 3.11. The van der Waals surface area contributed by atoms with Crippen molar-refractivity contribution in [1.82, 2.24) is 5.32 Å². The van der Waals surface area contributed by atoms with E-state index in [0.717, 1.165) is 19.1 Å². The number of hydrogen-bond donors (Lipinski definition) is 1. The summed E-state index contributed by atoms with van der Waals surface area (Å²) < 4.78 is 5.82. The molecule has 2 unspecified atom stereocenters. The molecule has 0 aromatic rings. The molecule has 0 spiro atoms. The largest absolute Gasteiger partial charge is 0.363 e. The van der Waals surface area contributed by atoms with Gasteiger partial charge < -0.3 is 4.74 Å². The number of hydrogen-bond acceptors (Lipinski definition) is 2. The monoisotopic (exact) mass is 219 g/mol. The van der Waals surface area contributed by atoms with Crippen LogP contribution in [0.15, 0.2) is 0 Å². The molecule has 1 aliphatic carbocycles. The summed E-state index contributed by atoms with van der Waals surface area (Å²) in [5.41, 5.74) is 0. The van der Waals surface area contributed by atoms with E-state index in [1.165, 1.54) is 32.1 Å². The highest BCUT2D eigenvalue weighted by molar-refractivity contribution is 5.85. The van der Waals surface area contributed by atoms with Crippen molar-refractivity contribution < 1.29 is 4.74 Å². The summed E-state index contributed by atoms with van der Waals surface area (Å²) in [5, 5.41) is 3.52. The van der Waals surface area contributed by atoms with E-state index < -0.39 is 0 Å². The highest BCUT2D eigenvalue weighted by Gasteiger charge is 2.27. The minimum Gasteiger partial charge on any atom is -0.363 e. The average Bonchev–Trinajstić information content (AvgIpc) is 2.20. The fourth-order valence-corrected chi connectivity index (χ4v) is 2.44. The predicted octanol–water partition coefficient (Wildman–Crippen LogP) is 2.57. The number of ether oxygens (including phenoxy) is 1. The van der Waals surface area contributed by atoms with Crippen molar-refractivity contribution in [1.29, 1.82) is 0 Å². The van der Waals surface area contributed by atoms with Gasteiger partial charge in [0, 0.05) is 6.54 Å². The van der Waals surface area contributed by atoms with Crippen molar-refractivity contribution in [2.45, 2.75) is 45.3 Å². The van der Waals surface area contributed by atoms with Gasteiger partial charge in [0.05, 0.1) is 6.61 Å². The summed E-state index contributed by atoms with van der Waals surface area (Å²) >= 11 is 0. The van der Waals surface area contributed by atoms with Crippen LogP contribution < -0.4 is 5.32 Å². The molecule has 0 bridgehead atoms. The molecule has 2 rings (SSSR count). The van der Waals surface area contributed by atoms with E-state index in [9.17, 15) is 0 Å². The van der Waals surface area contributed by atoms with Gasteiger partial charge in [-0.15, -0.1) is 12.4 Å². The molecule has 0 aromatic carbocycles. The van der Waals surface area contributed by atoms with Crippen molar-refractivity contribution in [3.63, 3.8) is 0 Å². The fourth-order valence-electron chi connectivity index (χ4n) is 2.44. The lowest BCUT2D eigenvalue weighted by molar-refractivity contribution is -0.0642. The molecule has 84 valence electrons. The Bertz CT molecular complexity index is 151. The van der Waals surface area contributed by atoms with Crippen molar-refractivity contribution in [3.05, 3.63) is 0 Å². The second-order valence-corrected chi connectivity index (χ2v) is 4.67. The third-order valence-electron chi connectivity index (χ3n) is 3.31. The molecule has 0 radical (unpaired) electrons. The van der Waals surface area contributed by atoms with Crippen molar-refractivity contribution >= 4 is 12.4 Å². The number of nitrogens with one attached hydrogen (secondary N) is 1. The maximum absolute atomic E-state index is 5.82. The molecule has 2 nitrogen and oxygen atoms in total. The van der Waals surface area contributed by atoms with Gasteiger partial charge in [-0.25, -0.2) is 0 Å².